The zero-order chi connectivity index (χ0) is 13.0. The van der Waals surface area contributed by atoms with E-state index in [1.165, 1.54) is 5.56 Å². The van der Waals surface area contributed by atoms with Crippen LogP contribution in [0.5, 0.6) is 0 Å². The molecule has 0 spiro atoms. The minimum Gasteiger partial charge on any atom is -0.355 e. The molecule has 0 unspecified atom stereocenters. The molecule has 94 valence electrons. The maximum atomic E-state index is 5.64. The summed E-state index contributed by atoms with van der Waals surface area (Å²) in [5, 5.41) is 0. The number of pyridine rings is 1. The van der Waals surface area contributed by atoms with Gasteiger partial charge in [0.05, 0.1) is 0 Å². The van der Waals surface area contributed by atoms with E-state index in [1.807, 2.05) is 31.3 Å². The molecule has 0 aliphatic carbocycles. The molecular weight excluding hydrogens is 290 g/mol. The first-order valence-electron chi connectivity index (χ1n) is 5.79. The third-order valence-electron chi connectivity index (χ3n) is 2.77. The standard InChI is InChI=1S/C14H16BrN3/c1-18(10-11-2-4-13(15)5-3-11)14-8-12(9-16)6-7-17-14/h2-8H,9-10,16H2,1H3. The number of anilines is 1. The average molecular weight is 306 g/mol. The molecule has 0 bridgehead atoms. The molecule has 2 rings (SSSR count). The highest BCUT2D eigenvalue weighted by atomic mass is 79.9. The van der Waals surface area contributed by atoms with Crippen LogP contribution in [0.15, 0.2) is 47.1 Å². The van der Waals surface area contributed by atoms with Gasteiger partial charge in [-0.05, 0) is 35.4 Å². The molecule has 0 amide bonds. The summed E-state index contributed by atoms with van der Waals surface area (Å²) >= 11 is 3.44. The maximum absolute atomic E-state index is 5.64. The van der Waals surface area contributed by atoms with Crippen LogP contribution in [0.3, 0.4) is 0 Å². The third kappa shape index (κ3) is 3.31. The molecule has 0 aliphatic heterocycles. The lowest BCUT2D eigenvalue weighted by Crippen LogP contribution is -2.18. The summed E-state index contributed by atoms with van der Waals surface area (Å²) in [5.74, 6) is 0.945. The van der Waals surface area contributed by atoms with Crippen molar-refractivity contribution in [3.63, 3.8) is 0 Å². The van der Waals surface area contributed by atoms with Crippen molar-refractivity contribution >= 4 is 21.7 Å². The van der Waals surface area contributed by atoms with Crippen molar-refractivity contribution in [1.82, 2.24) is 4.98 Å². The molecule has 0 saturated carbocycles. The van der Waals surface area contributed by atoms with Gasteiger partial charge in [0.2, 0.25) is 0 Å². The molecule has 0 saturated heterocycles. The highest BCUT2D eigenvalue weighted by Crippen LogP contribution is 2.16. The fourth-order valence-electron chi connectivity index (χ4n) is 1.74. The van der Waals surface area contributed by atoms with Gasteiger partial charge in [-0.25, -0.2) is 4.98 Å². The van der Waals surface area contributed by atoms with Crippen LogP contribution in [0.4, 0.5) is 5.82 Å². The Morgan fingerprint density at radius 2 is 1.89 bits per heavy atom. The molecule has 3 nitrogen and oxygen atoms in total. The van der Waals surface area contributed by atoms with Crippen molar-refractivity contribution in [3.05, 3.63) is 58.2 Å². The van der Waals surface area contributed by atoms with Gasteiger partial charge in [0, 0.05) is 30.8 Å². The van der Waals surface area contributed by atoms with Gasteiger partial charge in [-0.2, -0.15) is 0 Å². The van der Waals surface area contributed by atoms with Crippen molar-refractivity contribution in [2.24, 2.45) is 5.73 Å². The number of hydrogen-bond acceptors (Lipinski definition) is 3. The van der Waals surface area contributed by atoms with E-state index < -0.39 is 0 Å². The van der Waals surface area contributed by atoms with Crippen LogP contribution in [0, 0.1) is 0 Å². The first-order valence-corrected chi connectivity index (χ1v) is 6.59. The maximum Gasteiger partial charge on any atom is 0.128 e. The molecule has 0 radical (unpaired) electrons. The number of aromatic nitrogens is 1. The highest BCUT2D eigenvalue weighted by Gasteiger charge is 2.04. The van der Waals surface area contributed by atoms with Crippen molar-refractivity contribution in [3.8, 4) is 0 Å². The summed E-state index contributed by atoms with van der Waals surface area (Å²) in [6.45, 7) is 1.37. The summed E-state index contributed by atoms with van der Waals surface area (Å²) in [4.78, 5) is 6.48. The second kappa shape index (κ2) is 5.98. The van der Waals surface area contributed by atoms with E-state index in [9.17, 15) is 0 Å². The van der Waals surface area contributed by atoms with Crippen LogP contribution in [0.25, 0.3) is 0 Å². The van der Waals surface area contributed by atoms with Crippen LogP contribution < -0.4 is 10.6 Å². The normalized spacial score (nSPS) is 10.4. The van der Waals surface area contributed by atoms with Gasteiger partial charge in [0.1, 0.15) is 5.82 Å². The zero-order valence-corrected chi connectivity index (χ0v) is 11.9. The molecule has 0 aliphatic rings. The first-order chi connectivity index (χ1) is 8.69. The van der Waals surface area contributed by atoms with Gasteiger partial charge < -0.3 is 10.6 Å². The number of nitrogens with zero attached hydrogens (tertiary/aromatic N) is 2. The SMILES string of the molecule is CN(Cc1ccc(Br)cc1)c1cc(CN)ccn1. The molecule has 2 aromatic rings. The van der Waals surface area contributed by atoms with E-state index in [4.69, 9.17) is 5.73 Å². The summed E-state index contributed by atoms with van der Waals surface area (Å²) < 4.78 is 1.09. The quantitative estimate of drug-likeness (QED) is 0.944. The Morgan fingerprint density at radius 1 is 1.17 bits per heavy atom. The minimum absolute atomic E-state index is 0.543. The molecule has 0 fully saturated rings. The van der Waals surface area contributed by atoms with E-state index in [-0.39, 0.29) is 0 Å². The minimum atomic E-state index is 0.543. The predicted octanol–water partition coefficient (Wildman–Crippen LogP) is 2.94. The summed E-state index contributed by atoms with van der Waals surface area (Å²) in [6.07, 6.45) is 1.80. The van der Waals surface area contributed by atoms with Crippen LogP contribution in [0.1, 0.15) is 11.1 Å². The van der Waals surface area contributed by atoms with Gasteiger partial charge >= 0.3 is 0 Å². The van der Waals surface area contributed by atoms with Crippen molar-refractivity contribution < 1.29 is 0 Å². The second-order valence-electron chi connectivity index (χ2n) is 4.21. The summed E-state index contributed by atoms with van der Waals surface area (Å²) in [7, 11) is 2.03. The van der Waals surface area contributed by atoms with Gasteiger partial charge in [-0.3, -0.25) is 0 Å². The van der Waals surface area contributed by atoms with Gasteiger partial charge in [0.15, 0.2) is 0 Å². The second-order valence-corrected chi connectivity index (χ2v) is 5.12. The highest BCUT2D eigenvalue weighted by molar-refractivity contribution is 9.10. The number of halogens is 1. The monoisotopic (exact) mass is 305 g/mol. The molecular formula is C14H16BrN3. The van der Waals surface area contributed by atoms with E-state index in [0.29, 0.717) is 6.54 Å². The molecule has 1 aromatic heterocycles. The smallest absolute Gasteiger partial charge is 0.128 e. The summed E-state index contributed by atoms with van der Waals surface area (Å²) in [5.41, 5.74) is 7.99. The lowest BCUT2D eigenvalue weighted by molar-refractivity contribution is 0.892. The third-order valence-corrected chi connectivity index (χ3v) is 3.30. The lowest BCUT2D eigenvalue weighted by atomic mass is 10.2. The molecule has 1 heterocycles. The van der Waals surface area contributed by atoms with Crippen molar-refractivity contribution in [2.75, 3.05) is 11.9 Å². The Morgan fingerprint density at radius 3 is 2.56 bits per heavy atom. The Balaban J connectivity index is 2.11. The Labute approximate surface area is 116 Å². The molecule has 1 aromatic carbocycles. The van der Waals surface area contributed by atoms with Crippen LogP contribution >= 0.6 is 15.9 Å². The molecule has 2 N–H and O–H groups in total. The number of nitrogens with two attached hydrogens (primary N) is 1. The topological polar surface area (TPSA) is 42.1 Å². The number of benzene rings is 1. The lowest BCUT2D eigenvalue weighted by Gasteiger charge is -2.18. The molecule has 18 heavy (non-hydrogen) atoms. The van der Waals surface area contributed by atoms with Gasteiger partial charge in [0.25, 0.3) is 0 Å². The van der Waals surface area contributed by atoms with Gasteiger partial charge in [-0.1, -0.05) is 28.1 Å². The van der Waals surface area contributed by atoms with Crippen molar-refractivity contribution in [1.29, 1.82) is 0 Å². The molecule has 4 heteroatoms. The van der Waals surface area contributed by atoms with Gasteiger partial charge in [-0.15, -0.1) is 0 Å². The van der Waals surface area contributed by atoms with Crippen LogP contribution in [-0.2, 0) is 13.1 Å². The Kier molecular flexibility index (Phi) is 4.33. The fourth-order valence-corrected chi connectivity index (χ4v) is 2.01. The van der Waals surface area contributed by atoms with E-state index >= 15 is 0 Å². The van der Waals surface area contributed by atoms with Crippen molar-refractivity contribution in [2.45, 2.75) is 13.1 Å². The van der Waals surface area contributed by atoms with Crippen LogP contribution in [-0.4, -0.2) is 12.0 Å². The zero-order valence-electron chi connectivity index (χ0n) is 10.3. The summed E-state index contributed by atoms with van der Waals surface area (Å²) in [6, 6.07) is 12.3. The largest absolute Gasteiger partial charge is 0.355 e. The van der Waals surface area contributed by atoms with Crippen LogP contribution in [0.2, 0.25) is 0 Å². The average Bonchev–Trinajstić information content (AvgIpc) is 2.41. The number of hydrogen-bond donors (Lipinski definition) is 1. The predicted molar refractivity (Wildman–Crippen MR) is 78.4 cm³/mol. The first kappa shape index (κ1) is 13.1. The Hall–Kier alpha value is -1.39. The molecule has 0 atom stereocenters. The fraction of sp³-hybridized carbons (Fsp3) is 0.214. The van der Waals surface area contributed by atoms with E-state index in [0.717, 1.165) is 22.4 Å². The van der Waals surface area contributed by atoms with E-state index in [2.05, 4.69) is 37.9 Å². The van der Waals surface area contributed by atoms with E-state index in [1.54, 1.807) is 6.20 Å². The number of rotatable bonds is 4. The Bertz CT molecular complexity index is 511.